The first-order valence-corrected chi connectivity index (χ1v) is 6.62. The molecule has 1 heterocycles. The van der Waals surface area contributed by atoms with Gasteiger partial charge in [-0.3, -0.25) is 4.79 Å². The first-order valence-electron chi connectivity index (χ1n) is 6.62. The van der Waals surface area contributed by atoms with Gasteiger partial charge in [-0.25, -0.2) is 0 Å². The van der Waals surface area contributed by atoms with E-state index in [1.54, 1.807) is 0 Å². The Balaban J connectivity index is 1.75. The molecule has 0 radical (unpaired) electrons. The fourth-order valence-corrected chi connectivity index (χ4v) is 2.68. The van der Waals surface area contributed by atoms with Crippen LogP contribution in [-0.4, -0.2) is 37.1 Å². The van der Waals surface area contributed by atoms with Crippen molar-refractivity contribution in [2.45, 2.75) is 25.2 Å². The summed E-state index contributed by atoms with van der Waals surface area (Å²) in [5, 5.41) is 0. The smallest absolute Gasteiger partial charge is 0.248 e. The number of carbonyl (C=O) groups excluding carboxylic acids is 1. The Hall–Kier alpha value is -1.35. The maximum Gasteiger partial charge on any atom is 0.248 e. The highest BCUT2D eigenvalue weighted by Gasteiger charge is 2.46. The molecule has 0 bridgehead atoms. The zero-order valence-electron chi connectivity index (χ0n) is 10.8. The molecule has 3 rings (SSSR count). The Morgan fingerprint density at radius 3 is 2.61 bits per heavy atom. The Morgan fingerprint density at radius 2 is 2.00 bits per heavy atom. The van der Waals surface area contributed by atoms with E-state index in [1.807, 2.05) is 4.90 Å². The molecular formula is C15H19NO2. The van der Waals surface area contributed by atoms with Crippen molar-refractivity contribution in [3.8, 4) is 0 Å². The molecule has 96 valence electrons. The predicted octanol–water partition coefficient (Wildman–Crippen LogP) is 1.89. The molecule has 0 aromatic heterocycles. The van der Waals surface area contributed by atoms with Crippen LogP contribution in [0.5, 0.6) is 0 Å². The van der Waals surface area contributed by atoms with E-state index in [-0.39, 0.29) is 17.9 Å². The Kier molecular flexibility index (Phi) is 2.86. The van der Waals surface area contributed by atoms with Gasteiger partial charge in [-0.2, -0.15) is 0 Å². The minimum Gasteiger partial charge on any atom is -0.370 e. The molecule has 3 nitrogen and oxygen atoms in total. The van der Waals surface area contributed by atoms with Gasteiger partial charge in [-0.15, -0.1) is 0 Å². The van der Waals surface area contributed by atoms with Crippen molar-refractivity contribution < 1.29 is 9.53 Å². The lowest BCUT2D eigenvalue weighted by atomic mass is 9.94. The van der Waals surface area contributed by atoms with E-state index in [9.17, 15) is 4.79 Å². The molecule has 18 heavy (non-hydrogen) atoms. The van der Waals surface area contributed by atoms with Gasteiger partial charge in [-0.05, 0) is 25.3 Å². The SMILES string of the molecule is Cc1ccc(C2(CN3CCOCC3=O)CC2)cc1. The molecule has 1 amide bonds. The second kappa shape index (κ2) is 4.39. The topological polar surface area (TPSA) is 29.5 Å². The summed E-state index contributed by atoms with van der Waals surface area (Å²) < 4.78 is 5.18. The fourth-order valence-electron chi connectivity index (χ4n) is 2.68. The van der Waals surface area contributed by atoms with Crippen LogP contribution in [0.4, 0.5) is 0 Å². The highest BCUT2D eigenvalue weighted by molar-refractivity contribution is 5.78. The largest absolute Gasteiger partial charge is 0.370 e. The lowest BCUT2D eigenvalue weighted by Crippen LogP contribution is -2.45. The molecule has 1 aromatic carbocycles. The molecule has 3 heteroatoms. The second-order valence-electron chi connectivity index (χ2n) is 5.51. The van der Waals surface area contributed by atoms with Gasteiger partial charge in [0.25, 0.3) is 0 Å². The molecule has 1 aliphatic heterocycles. The minimum atomic E-state index is 0.139. The number of benzene rings is 1. The van der Waals surface area contributed by atoms with E-state index < -0.39 is 0 Å². The summed E-state index contributed by atoms with van der Waals surface area (Å²) in [6.45, 7) is 4.64. The number of morpholine rings is 1. The zero-order chi connectivity index (χ0) is 12.6. The van der Waals surface area contributed by atoms with Crippen molar-refractivity contribution in [2.24, 2.45) is 0 Å². The van der Waals surface area contributed by atoms with Crippen molar-refractivity contribution in [2.75, 3.05) is 26.3 Å². The fraction of sp³-hybridized carbons (Fsp3) is 0.533. The van der Waals surface area contributed by atoms with Gasteiger partial charge in [0.2, 0.25) is 5.91 Å². The lowest BCUT2D eigenvalue weighted by Gasteiger charge is -2.31. The average Bonchev–Trinajstić information content (AvgIpc) is 3.14. The van der Waals surface area contributed by atoms with E-state index in [1.165, 1.54) is 24.0 Å². The van der Waals surface area contributed by atoms with Crippen LogP contribution in [0.25, 0.3) is 0 Å². The number of nitrogens with zero attached hydrogens (tertiary/aromatic N) is 1. The monoisotopic (exact) mass is 245 g/mol. The van der Waals surface area contributed by atoms with E-state index in [2.05, 4.69) is 31.2 Å². The Morgan fingerprint density at radius 1 is 1.28 bits per heavy atom. The number of carbonyl (C=O) groups is 1. The van der Waals surface area contributed by atoms with Crippen LogP contribution in [0.2, 0.25) is 0 Å². The number of rotatable bonds is 3. The number of aryl methyl sites for hydroxylation is 1. The molecular weight excluding hydrogens is 226 g/mol. The first-order chi connectivity index (χ1) is 8.70. The molecule has 0 atom stereocenters. The molecule has 2 aliphatic rings. The highest BCUT2D eigenvalue weighted by atomic mass is 16.5. The van der Waals surface area contributed by atoms with Crippen LogP contribution in [0, 0.1) is 6.92 Å². The van der Waals surface area contributed by atoms with Gasteiger partial charge in [0.1, 0.15) is 6.61 Å². The van der Waals surface area contributed by atoms with Crippen LogP contribution in [0.15, 0.2) is 24.3 Å². The summed E-state index contributed by atoms with van der Waals surface area (Å²) >= 11 is 0. The molecule has 1 saturated heterocycles. The maximum atomic E-state index is 11.8. The molecule has 1 aliphatic carbocycles. The van der Waals surface area contributed by atoms with Crippen molar-refractivity contribution >= 4 is 5.91 Å². The van der Waals surface area contributed by atoms with E-state index in [0.717, 1.165) is 13.1 Å². The third-order valence-corrected chi connectivity index (χ3v) is 4.09. The van der Waals surface area contributed by atoms with Gasteiger partial charge in [-0.1, -0.05) is 29.8 Å². The predicted molar refractivity (Wildman–Crippen MR) is 69.5 cm³/mol. The highest BCUT2D eigenvalue weighted by Crippen LogP contribution is 2.48. The van der Waals surface area contributed by atoms with Crippen molar-refractivity contribution in [1.29, 1.82) is 0 Å². The minimum absolute atomic E-state index is 0.139. The number of hydrogen-bond acceptors (Lipinski definition) is 2. The molecule has 0 spiro atoms. The standard InChI is InChI=1S/C15H19NO2/c1-12-2-4-13(5-3-12)15(6-7-15)11-16-8-9-18-10-14(16)17/h2-5H,6-11H2,1H3. The van der Waals surface area contributed by atoms with Crippen molar-refractivity contribution in [1.82, 2.24) is 4.90 Å². The van der Waals surface area contributed by atoms with E-state index in [4.69, 9.17) is 4.74 Å². The van der Waals surface area contributed by atoms with Crippen molar-refractivity contribution in [3.05, 3.63) is 35.4 Å². The summed E-state index contributed by atoms with van der Waals surface area (Å²) in [7, 11) is 0. The summed E-state index contributed by atoms with van der Waals surface area (Å²) in [4.78, 5) is 13.8. The second-order valence-corrected chi connectivity index (χ2v) is 5.51. The van der Waals surface area contributed by atoms with Crippen LogP contribution >= 0.6 is 0 Å². The Bertz CT molecular complexity index is 448. The molecule has 0 unspecified atom stereocenters. The molecule has 1 aromatic rings. The third kappa shape index (κ3) is 2.15. The zero-order valence-corrected chi connectivity index (χ0v) is 10.8. The van der Waals surface area contributed by atoms with Crippen LogP contribution in [-0.2, 0) is 14.9 Å². The number of hydrogen-bond donors (Lipinski definition) is 0. The summed E-state index contributed by atoms with van der Waals surface area (Å²) in [6.07, 6.45) is 2.39. The van der Waals surface area contributed by atoms with Crippen molar-refractivity contribution in [3.63, 3.8) is 0 Å². The average molecular weight is 245 g/mol. The molecule has 2 fully saturated rings. The van der Waals surface area contributed by atoms with E-state index in [0.29, 0.717) is 6.61 Å². The van der Waals surface area contributed by atoms with Gasteiger partial charge >= 0.3 is 0 Å². The molecule has 1 saturated carbocycles. The van der Waals surface area contributed by atoms with Gasteiger partial charge < -0.3 is 9.64 Å². The van der Waals surface area contributed by atoms with E-state index >= 15 is 0 Å². The normalized spacial score (nSPS) is 22.1. The summed E-state index contributed by atoms with van der Waals surface area (Å²) in [5.41, 5.74) is 2.89. The third-order valence-electron chi connectivity index (χ3n) is 4.09. The summed E-state index contributed by atoms with van der Waals surface area (Å²) in [5.74, 6) is 0.139. The van der Waals surface area contributed by atoms with Gasteiger partial charge in [0.05, 0.1) is 6.61 Å². The first kappa shape index (κ1) is 11.7. The van der Waals surface area contributed by atoms with Gasteiger partial charge in [0.15, 0.2) is 0 Å². The lowest BCUT2D eigenvalue weighted by molar-refractivity contribution is -0.143. The quantitative estimate of drug-likeness (QED) is 0.814. The number of ether oxygens (including phenoxy) is 1. The van der Waals surface area contributed by atoms with Crippen LogP contribution < -0.4 is 0 Å². The van der Waals surface area contributed by atoms with Crippen LogP contribution in [0.3, 0.4) is 0 Å². The maximum absolute atomic E-state index is 11.8. The van der Waals surface area contributed by atoms with Gasteiger partial charge in [0, 0.05) is 18.5 Å². The van der Waals surface area contributed by atoms with Crippen LogP contribution in [0.1, 0.15) is 24.0 Å². The molecule has 0 N–H and O–H groups in total. The summed E-state index contributed by atoms with van der Waals surface area (Å²) in [6, 6.07) is 8.76. The Labute approximate surface area is 108 Å². The number of amides is 1.